The summed E-state index contributed by atoms with van der Waals surface area (Å²) >= 11 is 3.48. The summed E-state index contributed by atoms with van der Waals surface area (Å²) in [6, 6.07) is 10.7. The minimum atomic E-state index is -0.214. The van der Waals surface area contributed by atoms with Crippen molar-refractivity contribution < 1.29 is 4.39 Å². The van der Waals surface area contributed by atoms with Crippen LogP contribution < -0.4 is 0 Å². The lowest BCUT2D eigenvalue weighted by Crippen LogP contribution is -1.96. The first kappa shape index (κ1) is 12.4. The summed E-state index contributed by atoms with van der Waals surface area (Å²) in [7, 11) is 0. The highest BCUT2D eigenvalue weighted by Crippen LogP contribution is 2.21. The molecule has 2 aromatic heterocycles. The molecular weight excluding hydrogens is 307 g/mol. The number of halogens is 2. The molecule has 0 aliphatic rings. The lowest BCUT2D eigenvalue weighted by molar-refractivity contribution is 0.627. The number of aromatic nitrogens is 2. The molecule has 1 aromatic carbocycles. The third kappa shape index (κ3) is 2.40. The second-order valence-electron chi connectivity index (χ2n) is 4.58. The number of fused-ring (bicyclic) bond motifs is 1. The van der Waals surface area contributed by atoms with Gasteiger partial charge in [0.2, 0.25) is 0 Å². The minimum absolute atomic E-state index is 0.214. The van der Waals surface area contributed by atoms with Crippen LogP contribution in [0.3, 0.4) is 0 Å². The van der Waals surface area contributed by atoms with Gasteiger partial charge >= 0.3 is 0 Å². The van der Waals surface area contributed by atoms with Crippen molar-refractivity contribution in [1.29, 1.82) is 0 Å². The van der Waals surface area contributed by atoms with Crippen molar-refractivity contribution >= 4 is 21.4 Å². The SMILES string of the molecule is Cc1ccn2c(Cc3ccc(F)cc3)nc(Br)c2c1. The Hall–Kier alpha value is -1.68. The summed E-state index contributed by atoms with van der Waals surface area (Å²) in [5.41, 5.74) is 3.29. The molecule has 96 valence electrons. The molecule has 0 amide bonds. The minimum Gasteiger partial charge on any atom is -0.302 e. The predicted molar refractivity (Wildman–Crippen MR) is 76.8 cm³/mol. The van der Waals surface area contributed by atoms with Crippen molar-refractivity contribution in [1.82, 2.24) is 9.38 Å². The van der Waals surface area contributed by atoms with Gasteiger partial charge in [-0.25, -0.2) is 9.37 Å². The fourth-order valence-corrected chi connectivity index (χ4v) is 2.63. The summed E-state index contributed by atoms with van der Waals surface area (Å²) in [6.07, 6.45) is 2.69. The van der Waals surface area contributed by atoms with Crippen LogP contribution in [0, 0.1) is 12.7 Å². The van der Waals surface area contributed by atoms with E-state index in [2.05, 4.69) is 44.4 Å². The maximum Gasteiger partial charge on any atom is 0.132 e. The van der Waals surface area contributed by atoms with Gasteiger partial charge in [0, 0.05) is 12.6 Å². The molecule has 0 atom stereocenters. The highest BCUT2D eigenvalue weighted by atomic mass is 79.9. The molecule has 0 bridgehead atoms. The van der Waals surface area contributed by atoms with E-state index in [-0.39, 0.29) is 5.82 Å². The maximum atomic E-state index is 12.9. The van der Waals surface area contributed by atoms with Crippen LogP contribution in [0.25, 0.3) is 5.52 Å². The number of pyridine rings is 1. The fraction of sp³-hybridized carbons (Fsp3) is 0.133. The Balaban J connectivity index is 2.03. The van der Waals surface area contributed by atoms with Crippen LogP contribution in [-0.4, -0.2) is 9.38 Å². The summed E-state index contributed by atoms with van der Waals surface area (Å²) in [6.45, 7) is 2.05. The Morgan fingerprint density at radius 1 is 1.21 bits per heavy atom. The average molecular weight is 319 g/mol. The van der Waals surface area contributed by atoms with Gasteiger partial charge in [-0.05, 0) is 58.2 Å². The van der Waals surface area contributed by atoms with Crippen LogP contribution >= 0.6 is 15.9 Å². The van der Waals surface area contributed by atoms with E-state index in [1.807, 2.05) is 6.20 Å². The van der Waals surface area contributed by atoms with E-state index in [9.17, 15) is 4.39 Å². The van der Waals surface area contributed by atoms with E-state index in [4.69, 9.17) is 0 Å². The first-order valence-electron chi connectivity index (χ1n) is 6.01. The van der Waals surface area contributed by atoms with Crippen LogP contribution in [0.5, 0.6) is 0 Å². The number of imidazole rings is 1. The molecule has 4 heteroatoms. The van der Waals surface area contributed by atoms with Crippen LogP contribution in [0.2, 0.25) is 0 Å². The molecule has 0 saturated heterocycles. The molecule has 2 heterocycles. The standard InChI is InChI=1S/C15H12BrFN2/c1-10-6-7-19-13(8-10)15(16)18-14(19)9-11-2-4-12(17)5-3-11/h2-8H,9H2,1H3. The Morgan fingerprint density at radius 3 is 2.68 bits per heavy atom. The van der Waals surface area contributed by atoms with Gasteiger partial charge < -0.3 is 4.40 Å². The Bertz CT molecular complexity index is 732. The Morgan fingerprint density at radius 2 is 1.95 bits per heavy atom. The predicted octanol–water partition coefficient (Wildman–Crippen LogP) is 4.14. The van der Waals surface area contributed by atoms with Crippen molar-refractivity contribution in [2.75, 3.05) is 0 Å². The van der Waals surface area contributed by atoms with Crippen molar-refractivity contribution in [3.05, 3.63) is 70.0 Å². The van der Waals surface area contributed by atoms with Gasteiger partial charge in [0.25, 0.3) is 0 Å². The zero-order chi connectivity index (χ0) is 13.4. The van der Waals surface area contributed by atoms with Crippen LogP contribution in [0.1, 0.15) is 17.0 Å². The first-order chi connectivity index (χ1) is 9.13. The average Bonchev–Trinajstić information content (AvgIpc) is 2.69. The number of aryl methyl sites for hydroxylation is 1. The lowest BCUT2D eigenvalue weighted by atomic mass is 10.1. The van der Waals surface area contributed by atoms with E-state index in [1.165, 1.54) is 17.7 Å². The van der Waals surface area contributed by atoms with Gasteiger partial charge in [0.1, 0.15) is 16.2 Å². The van der Waals surface area contributed by atoms with Crippen LogP contribution in [0.4, 0.5) is 4.39 Å². The molecule has 0 saturated carbocycles. The highest BCUT2D eigenvalue weighted by molar-refractivity contribution is 9.10. The molecule has 2 nitrogen and oxygen atoms in total. The molecule has 3 aromatic rings. The lowest BCUT2D eigenvalue weighted by Gasteiger charge is -2.02. The molecule has 0 aliphatic heterocycles. The van der Waals surface area contributed by atoms with E-state index >= 15 is 0 Å². The van der Waals surface area contributed by atoms with E-state index in [0.29, 0.717) is 6.42 Å². The maximum absolute atomic E-state index is 12.9. The van der Waals surface area contributed by atoms with Gasteiger partial charge in [-0.1, -0.05) is 12.1 Å². The van der Waals surface area contributed by atoms with E-state index < -0.39 is 0 Å². The number of nitrogens with zero attached hydrogens (tertiary/aromatic N) is 2. The fourth-order valence-electron chi connectivity index (χ4n) is 2.12. The quantitative estimate of drug-likeness (QED) is 0.694. The van der Waals surface area contributed by atoms with Gasteiger partial charge in [0.15, 0.2) is 0 Å². The van der Waals surface area contributed by atoms with E-state index in [1.54, 1.807) is 12.1 Å². The van der Waals surface area contributed by atoms with Gasteiger partial charge in [-0.15, -0.1) is 0 Å². The van der Waals surface area contributed by atoms with Crippen molar-refractivity contribution in [3.63, 3.8) is 0 Å². The van der Waals surface area contributed by atoms with E-state index in [0.717, 1.165) is 21.5 Å². The van der Waals surface area contributed by atoms with Crippen LogP contribution in [-0.2, 0) is 6.42 Å². The third-order valence-electron chi connectivity index (χ3n) is 3.10. The summed E-state index contributed by atoms with van der Waals surface area (Å²) in [5, 5.41) is 0. The van der Waals surface area contributed by atoms with Crippen molar-refractivity contribution in [2.24, 2.45) is 0 Å². The molecule has 0 aliphatic carbocycles. The number of hydrogen-bond acceptors (Lipinski definition) is 1. The zero-order valence-electron chi connectivity index (χ0n) is 10.4. The molecule has 0 fully saturated rings. The van der Waals surface area contributed by atoms with Crippen LogP contribution in [0.15, 0.2) is 47.2 Å². The molecule has 19 heavy (non-hydrogen) atoms. The van der Waals surface area contributed by atoms with Crippen molar-refractivity contribution in [3.8, 4) is 0 Å². The van der Waals surface area contributed by atoms with Gasteiger partial charge in [0.05, 0.1) is 5.52 Å². The third-order valence-corrected chi connectivity index (χ3v) is 3.69. The smallest absolute Gasteiger partial charge is 0.132 e. The largest absolute Gasteiger partial charge is 0.302 e. The monoisotopic (exact) mass is 318 g/mol. The van der Waals surface area contributed by atoms with Gasteiger partial charge in [-0.2, -0.15) is 0 Å². The number of rotatable bonds is 2. The summed E-state index contributed by atoms with van der Waals surface area (Å²) < 4.78 is 15.8. The Labute approximate surface area is 119 Å². The molecule has 0 unspecified atom stereocenters. The molecular formula is C15H12BrFN2. The molecule has 0 radical (unpaired) electrons. The topological polar surface area (TPSA) is 17.3 Å². The molecule has 3 rings (SSSR count). The van der Waals surface area contributed by atoms with Gasteiger partial charge in [-0.3, -0.25) is 0 Å². The second kappa shape index (κ2) is 4.78. The first-order valence-corrected chi connectivity index (χ1v) is 6.80. The number of benzene rings is 1. The normalized spacial score (nSPS) is 11.1. The highest BCUT2D eigenvalue weighted by Gasteiger charge is 2.09. The van der Waals surface area contributed by atoms with Crippen molar-refractivity contribution in [2.45, 2.75) is 13.3 Å². The number of hydrogen-bond donors (Lipinski definition) is 0. The second-order valence-corrected chi connectivity index (χ2v) is 5.33. The summed E-state index contributed by atoms with van der Waals surface area (Å²) in [4.78, 5) is 4.53. The molecule has 0 N–H and O–H groups in total. The summed E-state index contributed by atoms with van der Waals surface area (Å²) in [5.74, 6) is 0.724. The Kier molecular flexibility index (Phi) is 3.11. The zero-order valence-corrected chi connectivity index (χ0v) is 12.0. The molecule has 0 spiro atoms.